The van der Waals surface area contributed by atoms with Crippen LogP contribution in [0.1, 0.15) is 42.1 Å². The van der Waals surface area contributed by atoms with Gasteiger partial charge in [0.2, 0.25) is 0 Å². The first-order valence-corrected chi connectivity index (χ1v) is 5.99. The van der Waals surface area contributed by atoms with Crippen LogP contribution in [0.25, 0.3) is 0 Å². The number of methoxy groups -OCH3 is 1. The van der Waals surface area contributed by atoms with Crippen LogP contribution in [0.2, 0.25) is 5.02 Å². The van der Waals surface area contributed by atoms with E-state index in [0.29, 0.717) is 29.3 Å². The van der Waals surface area contributed by atoms with E-state index in [1.807, 2.05) is 13.8 Å². The van der Waals surface area contributed by atoms with E-state index in [2.05, 4.69) is 0 Å². The van der Waals surface area contributed by atoms with Gasteiger partial charge in [-0.15, -0.1) is 0 Å². The Balaban J connectivity index is 3.35. The van der Waals surface area contributed by atoms with Crippen LogP contribution in [-0.4, -0.2) is 19.4 Å². The number of benzene rings is 1. The van der Waals surface area contributed by atoms with Gasteiger partial charge < -0.3 is 10.5 Å². The minimum absolute atomic E-state index is 0.0111. The molecule has 0 atom stereocenters. The second-order valence-electron chi connectivity index (χ2n) is 4.19. The van der Waals surface area contributed by atoms with Gasteiger partial charge in [-0.25, -0.2) is 0 Å². The summed E-state index contributed by atoms with van der Waals surface area (Å²) >= 11 is 5.99. The molecule has 0 aromatic heterocycles. The van der Waals surface area contributed by atoms with Crippen LogP contribution in [0.3, 0.4) is 0 Å². The molecule has 1 rings (SSSR count). The number of Topliss-reactive ketones (excluding diaryl/α,β-unsaturated/α-hetero) is 1. The Kier molecular flexibility index (Phi) is 4.97. The van der Waals surface area contributed by atoms with Crippen molar-refractivity contribution in [3.8, 4) is 5.75 Å². The predicted octanol–water partition coefficient (Wildman–Crippen LogP) is 3.00. The third-order valence-corrected chi connectivity index (χ3v) is 2.79. The number of carbonyl (C=O) groups excluding carboxylic acids is 1. The maximum Gasteiger partial charge on any atom is 0.164 e. The molecule has 1 aromatic rings. The van der Waals surface area contributed by atoms with Gasteiger partial charge in [-0.3, -0.25) is 4.79 Å². The van der Waals surface area contributed by atoms with Crippen molar-refractivity contribution in [1.82, 2.24) is 0 Å². The van der Waals surface area contributed by atoms with Gasteiger partial charge >= 0.3 is 0 Å². The Morgan fingerprint density at radius 2 is 2.12 bits per heavy atom. The average Bonchev–Trinajstić information content (AvgIpc) is 2.27. The van der Waals surface area contributed by atoms with Crippen LogP contribution < -0.4 is 10.5 Å². The smallest absolute Gasteiger partial charge is 0.164 e. The first-order valence-electron chi connectivity index (χ1n) is 5.62. The Morgan fingerprint density at radius 3 is 2.59 bits per heavy atom. The molecule has 2 N–H and O–H groups in total. The van der Waals surface area contributed by atoms with E-state index < -0.39 is 0 Å². The molecule has 0 heterocycles. The number of hydrogen-bond donors (Lipinski definition) is 1. The standard InChI is InChI=1S/C13H18ClNO2/c1-8(2)13-10(11(16)4-5-15)6-9(14)7-12(13)17-3/h6-8H,4-5,15H2,1-3H3. The summed E-state index contributed by atoms with van der Waals surface area (Å²) in [6.07, 6.45) is 0.323. The van der Waals surface area contributed by atoms with Crippen LogP contribution in [0.15, 0.2) is 12.1 Å². The summed E-state index contributed by atoms with van der Waals surface area (Å²) in [6, 6.07) is 3.42. The molecule has 0 saturated heterocycles. The van der Waals surface area contributed by atoms with Crippen molar-refractivity contribution in [3.05, 3.63) is 28.3 Å². The van der Waals surface area contributed by atoms with Gasteiger partial charge in [-0.05, 0) is 24.6 Å². The van der Waals surface area contributed by atoms with Crippen LogP contribution >= 0.6 is 11.6 Å². The molecule has 94 valence electrons. The summed E-state index contributed by atoms with van der Waals surface area (Å²) in [5, 5.41) is 0.506. The van der Waals surface area contributed by atoms with Crippen LogP contribution in [-0.2, 0) is 0 Å². The topological polar surface area (TPSA) is 52.3 Å². The number of ketones is 1. The number of carbonyl (C=O) groups is 1. The van der Waals surface area contributed by atoms with Crippen molar-refractivity contribution >= 4 is 17.4 Å². The molecule has 0 radical (unpaired) electrons. The molecule has 0 fully saturated rings. The zero-order valence-electron chi connectivity index (χ0n) is 10.4. The molecular formula is C13H18ClNO2. The van der Waals surface area contributed by atoms with Gasteiger partial charge in [-0.2, -0.15) is 0 Å². The molecule has 0 aliphatic heterocycles. The summed E-state index contributed by atoms with van der Waals surface area (Å²) in [5.41, 5.74) is 6.94. The zero-order valence-corrected chi connectivity index (χ0v) is 11.2. The average molecular weight is 256 g/mol. The maximum atomic E-state index is 12.0. The number of ether oxygens (including phenoxy) is 1. The van der Waals surface area contributed by atoms with Crippen molar-refractivity contribution in [2.24, 2.45) is 5.73 Å². The van der Waals surface area contributed by atoms with Gasteiger partial charge in [-0.1, -0.05) is 25.4 Å². The van der Waals surface area contributed by atoms with Gasteiger partial charge in [0.1, 0.15) is 5.75 Å². The van der Waals surface area contributed by atoms with Gasteiger partial charge in [0.05, 0.1) is 7.11 Å². The highest BCUT2D eigenvalue weighted by Crippen LogP contribution is 2.33. The molecule has 0 unspecified atom stereocenters. The minimum Gasteiger partial charge on any atom is -0.496 e. The highest BCUT2D eigenvalue weighted by Gasteiger charge is 2.18. The molecule has 0 bridgehead atoms. The normalized spacial score (nSPS) is 10.7. The van der Waals surface area contributed by atoms with Crippen molar-refractivity contribution in [2.75, 3.05) is 13.7 Å². The Hall–Kier alpha value is -1.06. The third kappa shape index (κ3) is 3.20. The Labute approximate surface area is 107 Å². The monoisotopic (exact) mass is 255 g/mol. The zero-order chi connectivity index (χ0) is 13.0. The van der Waals surface area contributed by atoms with Gasteiger partial charge in [0, 0.05) is 22.6 Å². The highest BCUT2D eigenvalue weighted by molar-refractivity contribution is 6.31. The lowest BCUT2D eigenvalue weighted by atomic mass is 9.92. The first kappa shape index (κ1) is 14.0. The van der Waals surface area contributed by atoms with Crippen molar-refractivity contribution in [2.45, 2.75) is 26.2 Å². The summed E-state index contributed by atoms with van der Waals surface area (Å²) in [7, 11) is 1.58. The van der Waals surface area contributed by atoms with E-state index in [1.165, 1.54) is 0 Å². The van der Waals surface area contributed by atoms with Crippen molar-refractivity contribution in [3.63, 3.8) is 0 Å². The molecule has 4 heteroatoms. The molecule has 17 heavy (non-hydrogen) atoms. The number of halogens is 1. The van der Waals surface area contributed by atoms with Crippen LogP contribution in [0.5, 0.6) is 5.75 Å². The van der Waals surface area contributed by atoms with E-state index in [4.69, 9.17) is 22.1 Å². The lowest BCUT2D eigenvalue weighted by molar-refractivity contribution is 0.0983. The van der Waals surface area contributed by atoms with Crippen molar-refractivity contribution in [1.29, 1.82) is 0 Å². The fourth-order valence-corrected chi connectivity index (χ4v) is 2.06. The number of hydrogen-bond acceptors (Lipinski definition) is 3. The van der Waals surface area contributed by atoms with Gasteiger partial charge in [0.25, 0.3) is 0 Å². The SMILES string of the molecule is COc1cc(Cl)cc(C(=O)CCN)c1C(C)C. The molecule has 0 aliphatic rings. The molecule has 0 aliphatic carbocycles. The van der Waals surface area contributed by atoms with E-state index in [-0.39, 0.29) is 11.7 Å². The predicted molar refractivity (Wildman–Crippen MR) is 70.1 cm³/mol. The molecule has 0 spiro atoms. The summed E-state index contributed by atoms with van der Waals surface area (Å²) in [6.45, 7) is 4.38. The van der Waals surface area contributed by atoms with E-state index >= 15 is 0 Å². The fourth-order valence-electron chi connectivity index (χ4n) is 1.85. The highest BCUT2D eigenvalue weighted by atomic mass is 35.5. The minimum atomic E-state index is 0.0111. The quantitative estimate of drug-likeness (QED) is 0.823. The van der Waals surface area contributed by atoms with E-state index in [9.17, 15) is 4.79 Å². The molecule has 3 nitrogen and oxygen atoms in total. The number of rotatable bonds is 5. The summed E-state index contributed by atoms with van der Waals surface area (Å²) < 4.78 is 5.29. The van der Waals surface area contributed by atoms with Crippen molar-refractivity contribution < 1.29 is 9.53 Å². The van der Waals surface area contributed by atoms with Gasteiger partial charge in [0.15, 0.2) is 5.78 Å². The van der Waals surface area contributed by atoms with E-state index in [0.717, 1.165) is 5.56 Å². The lowest BCUT2D eigenvalue weighted by Gasteiger charge is -2.16. The largest absolute Gasteiger partial charge is 0.496 e. The second-order valence-corrected chi connectivity index (χ2v) is 4.62. The summed E-state index contributed by atoms with van der Waals surface area (Å²) in [4.78, 5) is 12.0. The molecule has 0 saturated carbocycles. The molecule has 1 aromatic carbocycles. The maximum absolute atomic E-state index is 12.0. The number of nitrogens with two attached hydrogens (primary N) is 1. The van der Waals surface area contributed by atoms with Crippen LogP contribution in [0.4, 0.5) is 0 Å². The Bertz CT molecular complexity index is 416. The van der Waals surface area contributed by atoms with E-state index in [1.54, 1.807) is 19.2 Å². The Morgan fingerprint density at radius 1 is 1.47 bits per heavy atom. The third-order valence-electron chi connectivity index (χ3n) is 2.58. The second kappa shape index (κ2) is 6.03. The summed E-state index contributed by atoms with van der Waals surface area (Å²) in [5.74, 6) is 0.865. The first-order chi connectivity index (χ1) is 8.01. The lowest BCUT2D eigenvalue weighted by Crippen LogP contribution is -2.12. The van der Waals surface area contributed by atoms with Crippen LogP contribution in [0, 0.1) is 0 Å². The molecule has 0 amide bonds. The molecular weight excluding hydrogens is 238 g/mol. The fraction of sp³-hybridized carbons (Fsp3) is 0.462.